The maximum absolute atomic E-state index is 12.4. The molecule has 5 aromatic rings. The number of nitrogens with one attached hydrogen (secondary N) is 4. The molecular weight excluding hydrogens is 783 g/mol. The van der Waals surface area contributed by atoms with Crippen LogP contribution in [0.3, 0.4) is 0 Å². The molecule has 58 heavy (non-hydrogen) atoms. The van der Waals surface area contributed by atoms with Gasteiger partial charge in [-0.1, -0.05) is 53.5 Å². The second kappa shape index (κ2) is 20.1. The molecule has 14 nitrogen and oxygen atoms in total. The normalized spacial score (nSPS) is 15.1. The molecule has 0 radical (unpaired) electrons. The van der Waals surface area contributed by atoms with Crippen molar-refractivity contribution in [2.45, 2.75) is 31.7 Å². The number of benzene rings is 4. The van der Waals surface area contributed by atoms with Crippen molar-refractivity contribution in [3.8, 4) is 5.75 Å². The van der Waals surface area contributed by atoms with Crippen LogP contribution < -0.4 is 21.3 Å². The van der Waals surface area contributed by atoms with Crippen molar-refractivity contribution >= 4 is 80.1 Å². The Kier molecular flexibility index (Phi) is 14.5. The van der Waals surface area contributed by atoms with Crippen LogP contribution in [0.4, 0.5) is 28.4 Å². The molecule has 1 aromatic heterocycles. The molecule has 2 aliphatic heterocycles. The number of phenolic OH excluding ortho intramolecular Hbond substituents is 1. The number of hydrogen-bond donors (Lipinski definition) is 5. The van der Waals surface area contributed by atoms with E-state index in [1.807, 2.05) is 35.2 Å². The molecule has 0 saturated carbocycles. The zero-order valence-corrected chi connectivity index (χ0v) is 33.1. The summed E-state index contributed by atoms with van der Waals surface area (Å²) in [6.07, 6.45) is 6.26. The van der Waals surface area contributed by atoms with Gasteiger partial charge in [0.15, 0.2) is 0 Å². The predicted molar refractivity (Wildman–Crippen MR) is 228 cm³/mol. The fraction of sp³-hybridized carbons (Fsp3) is 0.286. The molecule has 7 rings (SSSR count). The van der Waals surface area contributed by atoms with Crippen molar-refractivity contribution in [3.05, 3.63) is 124 Å². The lowest BCUT2D eigenvalue weighted by Crippen LogP contribution is -2.42. The Labute approximate surface area is 345 Å². The Balaban J connectivity index is 0.000000196. The third-order valence-corrected chi connectivity index (χ3v) is 10.4. The molecule has 0 unspecified atom stereocenters. The van der Waals surface area contributed by atoms with E-state index in [9.17, 15) is 29.6 Å². The van der Waals surface area contributed by atoms with Gasteiger partial charge in [0.2, 0.25) is 17.7 Å². The van der Waals surface area contributed by atoms with E-state index in [2.05, 4.69) is 31.2 Å². The van der Waals surface area contributed by atoms with Gasteiger partial charge in [-0.25, -0.2) is 0 Å². The maximum Gasteiger partial charge on any atom is 0.278 e. The van der Waals surface area contributed by atoms with Crippen molar-refractivity contribution in [3.63, 3.8) is 0 Å². The topological polar surface area (TPSA) is 182 Å². The number of aromatic hydroxyl groups is 1. The summed E-state index contributed by atoms with van der Waals surface area (Å²) in [6, 6.07) is 26.3. The van der Waals surface area contributed by atoms with E-state index in [4.69, 9.17) is 23.2 Å². The Morgan fingerprint density at radius 1 is 0.724 bits per heavy atom. The fourth-order valence-corrected chi connectivity index (χ4v) is 7.56. The second-order valence-electron chi connectivity index (χ2n) is 14.2. The number of amides is 3. The number of nitro benzene ring substituents is 1. The lowest BCUT2D eigenvalue weighted by atomic mass is 9.95. The van der Waals surface area contributed by atoms with E-state index in [-0.39, 0.29) is 52.6 Å². The highest BCUT2D eigenvalue weighted by molar-refractivity contribution is 6.35. The average Bonchev–Trinajstić information content (AvgIpc) is 3.20. The van der Waals surface area contributed by atoms with Crippen LogP contribution in [0.15, 0.2) is 103 Å². The second-order valence-corrected chi connectivity index (χ2v) is 15.1. The van der Waals surface area contributed by atoms with Gasteiger partial charge in [-0.2, -0.15) is 0 Å². The highest BCUT2D eigenvalue weighted by atomic mass is 35.5. The van der Waals surface area contributed by atoms with Gasteiger partial charge in [0, 0.05) is 76.0 Å². The summed E-state index contributed by atoms with van der Waals surface area (Å²) in [7, 11) is 0. The summed E-state index contributed by atoms with van der Waals surface area (Å²) in [4.78, 5) is 56.0. The van der Waals surface area contributed by atoms with E-state index in [0.717, 1.165) is 42.7 Å². The number of nitrogens with zero attached hydrogens (tertiary/aromatic N) is 4. The summed E-state index contributed by atoms with van der Waals surface area (Å²) < 4.78 is 0. The molecule has 302 valence electrons. The molecule has 0 spiro atoms. The standard InChI is InChI=1S/C22H23N5O3.C20H21Cl2N3O3/c28-22(25-16-4-2-1-3-5-16)15-26-12-9-17(10-13-26)24-20-6-7-21(27(29)30)19-14-23-11-8-18(19)20;21-14-9-15(22)11-16(10-14)23-19(27)12-25-7-5-13(6-8-25)20(28)24-17-3-1-2-4-18(17)26/h1-8,11,14,17,24H,9-10,12-13,15H2,(H,25,28);1-4,9-11,13,26H,5-8,12H2,(H,23,27)(H,24,28). The number of piperidine rings is 2. The van der Waals surface area contributed by atoms with Gasteiger partial charge in [-0.05, 0) is 93.4 Å². The van der Waals surface area contributed by atoms with Gasteiger partial charge in [-0.3, -0.25) is 39.3 Å². The van der Waals surface area contributed by atoms with Gasteiger partial charge in [0.05, 0.1) is 29.1 Å². The molecule has 4 aromatic carbocycles. The summed E-state index contributed by atoms with van der Waals surface area (Å²) >= 11 is 11.9. The number of rotatable bonds is 11. The molecule has 5 N–H and O–H groups in total. The van der Waals surface area contributed by atoms with Crippen LogP contribution in [-0.2, 0) is 14.4 Å². The molecule has 16 heteroatoms. The third kappa shape index (κ3) is 11.9. The number of phenols is 1. The third-order valence-electron chi connectivity index (χ3n) is 10.00. The molecule has 0 atom stereocenters. The minimum Gasteiger partial charge on any atom is -0.506 e. The lowest BCUT2D eigenvalue weighted by molar-refractivity contribution is -0.383. The van der Waals surface area contributed by atoms with Crippen LogP contribution in [-0.4, -0.2) is 87.8 Å². The smallest absolute Gasteiger partial charge is 0.278 e. The number of nitro groups is 1. The average molecular weight is 828 g/mol. The first-order valence-electron chi connectivity index (χ1n) is 18.9. The summed E-state index contributed by atoms with van der Waals surface area (Å²) in [5.41, 5.74) is 2.70. The highest BCUT2D eigenvalue weighted by Crippen LogP contribution is 2.32. The molecule has 0 aliphatic carbocycles. The van der Waals surface area contributed by atoms with Crippen molar-refractivity contribution in [1.82, 2.24) is 14.8 Å². The molecule has 2 saturated heterocycles. The number of anilines is 4. The largest absolute Gasteiger partial charge is 0.506 e. The number of likely N-dealkylation sites (tertiary alicyclic amines) is 2. The van der Waals surface area contributed by atoms with E-state index in [0.29, 0.717) is 59.3 Å². The first-order chi connectivity index (χ1) is 28.0. The number of non-ortho nitro benzene ring substituents is 1. The Morgan fingerprint density at radius 3 is 1.97 bits per heavy atom. The van der Waals surface area contributed by atoms with Gasteiger partial charge in [0.1, 0.15) is 5.75 Å². The number of halogens is 2. The number of fused-ring (bicyclic) bond motifs is 1. The Morgan fingerprint density at radius 2 is 1.33 bits per heavy atom. The molecular formula is C42H44Cl2N8O6. The maximum atomic E-state index is 12.4. The number of para-hydroxylation sites is 3. The van der Waals surface area contributed by atoms with Gasteiger partial charge < -0.3 is 26.4 Å². The van der Waals surface area contributed by atoms with E-state index in [1.54, 1.807) is 54.7 Å². The van der Waals surface area contributed by atoms with Crippen LogP contribution in [0.2, 0.25) is 10.0 Å². The van der Waals surface area contributed by atoms with Crippen LogP contribution >= 0.6 is 23.2 Å². The molecule has 0 bridgehead atoms. The number of hydrogen-bond acceptors (Lipinski definition) is 10. The fourth-order valence-electron chi connectivity index (χ4n) is 7.04. The molecule has 2 aliphatic rings. The number of pyridine rings is 1. The number of carbonyl (C=O) groups excluding carboxylic acids is 3. The first-order valence-corrected chi connectivity index (χ1v) is 19.7. The van der Waals surface area contributed by atoms with Crippen molar-refractivity contribution in [2.75, 3.05) is 60.5 Å². The van der Waals surface area contributed by atoms with E-state index < -0.39 is 0 Å². The van der Waals surface area contributed by atoms with Gasteiger partial charge in [0.25, 0.3) is 5.69 Å². The van der Waals surface area contributed by atoms with E-state index >= 15 is 0 Å². The zero-order valence-electron chi connectivity index (χ0n) is 31.6. The Hall–Kier alpha value is -5.80. The Bertz CT molecular complexity index is 2210. The SMILES string of the molecule is O=C(CN1CCC(C(=O)Nc2ccccc2O)CC1)Nc1cc(Cl)cc(Cl)c1.O=C(CN1CCC(Nc2ccc([N+](=O)[O-])c3cnccc23)CC1)Nc1ccccc1. The summed E-state index contributed by atoms with van der Waals surface area (Å²) in [5.74, 6) is -0.382. The van der Waals surface area contributed by atoms with Crippen molar-refractivity contribution in [2.24, 2.45) is 5.92 Å². The summed E-state index contributed by atoms with van der Waals surface area (Å²) in [6.45, 7) is 3.51. The molecule has 2 fully saturated rings. The van der Waals surface area contributed by atoms with Crippen LogP contribution in [0.25, 0.3) is 10.8 Å². The van der Waals surface area contributed by atoms with Crippen molar-refractivity contribution in [1.29, 1.82) is 0 Å². The summed E-state index contributed by atoms with van der Waals surface area (Å²) in [5, 5.41) is 35.3. The minimum absolute atomic E-state index is 0.0125. The van der Waals surface area contributed by atoms with Crippen LogP contribution in [0.1, 0.15) is 25.7 Å². The van der Waals surface area contributed by atoms with E-state index in [1.165, 1.54) is 18.3 Å². The highest BCUT2D eigenvalue weighted by Gasteiger charge is 2.27. The monoisotopic (exact) mass is 826 g/mol. The molecule has 3 amide bonds. The zero-order chi connectivity index (χ0) is 41.0. The number of carbonyl (C=O) groups is 3. The van der Waals surface area contributed by atoms with Crippen LogP contribution in [0, 0.1) is 16.0 Å². The lowest BCUT2D eigenvalue weighted by Gasteiger charge is -2.32. The molecule has 3 heterocycles. The predicted octanol–water partition coefficient (Wildman–Crippen LogP) is 7.65. The van der Waals surface area contributed by atoms with Crippen LogP contribution in [0.5, 0.6) is 5.75 Å². The minimum atomic E-state index is -0.382. The van der Waals surface area contributed by atoms with Gasteiger partial charge >= 0.3 is 0 Å². The number of aromatic nitrogens is 1. The first kappa shape index (κ1) is 41.8. The van der Waals surface area contributed by atoms with Gasteiger partial charge in [-0.15, -0.1) is 0 Å². The van der Waals surface area contributed by atoms with Crippen molar-refractivity contribution < 1.29 is 24.4 Å². The quantitative estimate of drug-likeness (QED) is 0.0504.